The average molecular weight is 462 g/mol. The van der Waals surface area contributed by atoms with Crippen molar-refractivity contribution in [1.82, 2.24) is 10.6 Å². The Bertz CT molecular complexity index is 941. The Kier molecular flexibility index (Phi) is 8.90. The predicted octanol–water partition coefficient (Wildman–Crippen LogP) is 3.89. The summed E-state index contributed by atoms with van der Waals surface area (Å²) in [6.45, 7) is 6.89. The number of amides is 3. The molecule has 0 aliphatic carbocycles. The fourth-order valence-electron chi connectivity index (χ4n) is 2.53. The Morgan fingerprint density at radius 2 is 1.72 bits per heavy atom. The molecule has 9 heteroatoms. The van der Waals surface area contributed by atoms with Crippen LogP contribution in [0.5, 0.6) is 5.75 Å². The number of benzene rings is 2. The van der Waals surface area contributed by atoms with E-state index in [1.165, 1.54) is 0 Å². The average Bonchev–Trinajstić information content (AvgIpc) is 2.71. The monoisotopic (exact) mass is 461 g/mol. The Hall–Kier alpha value is -3.26. The summed E-state index contributed by atoms with van der Waals surface area (Å²) in [6, 6.07) is 13.8. The first-order chi connectivity index (χ1) is 15.0. The molecule has 2 aromatic rings. The molecule has 0 aliphatic rings. The fourth-order valence-corrected chi connectivity index (χ4v) is 2.66. The molecule has 8 nitrogen and oxygen atoms in total. The van der Waals surface area contributed by atoms with Crippen LogP contribution in [0.25, 0.3) is 0 Å². The zero-order chi connectivity index (χ0) is 23.7. The zero-order valence-electron chi connectivity index (χ0n) is 18.5. The van der Waals surface area contributed by atoms with Crippen molar-refractivity contribution in [2.45, 2.75) is 45.9 Å². The van der Waals surface area contributed by atoms with Crippen molar-refractivity contribution in [1.29, 1.82) is 0 Å². The highest BCUT2D eigenvalue weighted by Crippen LogP contribution is 2.17. The number of hydrogen-bond acceptors (Lipinski definition) is 5. The molecule has 1 atom stereocenters. The van der Waals surface area contributed by atoms with Gasteiger partial charge in [0.15, 0.2) is 6.10 Å². The van der Waals surface area contributed by atoms with Crippen LogP contribution in [0.1, 0.15) is 33.3 Å². The molecule has 0 heterocycles. The summed E-state index contributed by atoms with van der Waals surface area (Å²) in [7, 11) is 0. The molecule has 0 fully saturated rings. The van der Waals surface area contributed by atoms with Crippen LogP contribution in [0.15, 0.2) is 48.5 Å². The highest BCUT2D eigenvalue weighted by Gasteiger charge is 2.17. The van der Waals surface area contributed by atoms with Gasteiger partial charge in [0.1, 0.15) is 17.9 Å². The predicted molar refractivity (Wildman–Crippen MR) is 123 cm³/mol. The van der Waals surface area contributed by atoms with Gasteiger partial charge in [-0.2, -0.15) is 0 Å². The summed E-state index contributed by atoms with van der Waals surface area (Å²) in [5, 5.41) is 8.47. The maximum absolute atomic E-state index is 12.3. The first kappa shape index (κ1) is 25.0. The standard InChI is InChI=1S/C23H28ClN3O5/c1-15(31-19-10-8-17(24)9-11-19)21(29)25-13-16-6-5-7-18(12-16)27-20(28)14-26-22(30)32-23(2,3)4/h5-12,15H,13-14H2,1-4H3,(H,25,29)(H,26,30)(H,27,28). The van der Waals surface area contributed by atoms with Gasteiger partial charge in [0, 0.05) is 17.3 Å². The Morgan fingerprint density at radius 1 is 1.03 bits per heavy atom. The van der Waals surface area contributed by atoms with E-state index in [9.17, 15) is 14.4 Å². The Balaban J connectivity index is 1.80. The van der Waals surface area contributed by atoms with E-state index in [0.717, 1.165) is 5.56 Å². The molecule has 0 aromatic heterocycles. The molecule has 3 amide bonds. The quantitative estimate of drug-likeness (QED) is 0.553. The first-order valence-electron chi connectivity index (χ1n) is 10.1. The van der Waals surface area contributed by atoms with Crippen LogP contribution in [0, 0.1) is 0 Å². The summed E-state index contributed by atoms with van der Waals surface area (Å²) < 4.78 is 10.7. The summed E-state index contributed by atoms with van der Waals surface area (Å²) in [5.74, 6) is -0.139. The topological polar surface area (TPSA) is 106 Å². The molecule has 0 saturated carbocycles. The van der Waals surface area contributed by atoms with Crippen LogP contribution in [-0.2, 0) is 20.9 Å². The van der Waals surface area contributed by atoms with Gasteiger partial charge in [-0.05, 0) is 69.7 Å². The second kappa shape index (κ2) is 11.4. The minimum Gasteiger partial charge on any atom is -0.481 e. The summed E-state index contributed by atoms with van der Waals surface area (Å²) in [4.78, 5) is 36.0. The number of carbonyl (C=O) groups excluding carboxylic acids is 3. The second-order valence-corrected chi connectivity index (χ2v) is 8.47. The molecule has 3 N–H and O–H groups in total. The third-order valence-corrected chi connectivity index (χ3v) is 4.22. The highest BCUT2D eigenvalue weighted by atomic mass is 35.5. The van der Waals surface area contributed by atoms with E-state index in [1.54, 1.807) is 70.2 Å². The minimum atomic E-state index is -0.696. The molecule has 32 heavy (non-hydrogen) atoms. The maximum Gasteiger partial charge on any atom is 0.408 e. The van der Waals surface area contributed by atoms with Crippen LogP contribution in [0.4, 0.5) is 10.5 Å². The number of nitrogens with one attached hydrogen (secondary N) is 3. The lowest BCUT2D eigenvalue weighted by atomic mass is 10.2. The molecule has 0 spiro atoms. The molecule has 0 saturated heterocycles. The lowest BCUT2D eigenvalue weighted by Crippen LogP contribution is -2.37. The molecular formula is C23H28ClN3O5. The normalized spacial score (nSPS) is 11.8. The van der Waals surface area contributed by atoms with E-state index in [4.69, 9.17) is 21.1 Å². The van der Waals surface area contributed by atoms with Gasteiger partial charge < -0.3 is 25.4 Å². The van der Waals surface area contributed by atoms with Gasteiger partial charge in [0.05, 0.1) is 0 Å². The van der Waals surface area contributed by atoms with Gasteiger partial charge in [-0.25, -0.2) is 4.79 Å². The maximum atomic E-state index is 12.3. The number of hydrogen-bond donors (Lipinski definition) is 3. The van der Waals surface area contributed by atoms with Crippen molar-refractivity contribution in [3.63, 3.8) is 0 Å². The van der Waals surface area contributed by atoms with Crippen molar-refractivity contribution in [3.8, 4) is 5.75 Å². The lowest BCUT2D eigenvalue weighted by Gasteiger charge is -2.19. The number of rotatable bonds is 8. The highest BCUT2D eigenvalue weighted by molar-refractivity contribution is 6.30. The Labute approximate surface area is 192 Å². The molecule has 2 rings (SSSR count). The molecule has 172 valence electrons. The molecular weight excluding hydrogens is 434 g/mol. The number of anilines is 1. The molecule has 0 bridgehead atoms. The SMILES string of the molecule is CC(Oc1ccc(Cl)cc1)C(=O)NCc1cccc(NC(=O)CNC(=O)OC(C)(C)C)c1. The molecule has 2 aromatic carbocycles. The summed E-state index contributed by atoms with van der Waals surface area (Å²) in [5.41, 5.74) is 0.685. The van der Waals surface area contributed by atoms with E-state index in [2.05, 4.69) is 16.0 Å². The van der Waals surface area contributed by atoms with Crippen LogP contribution >= 0.6 is 11.6 Å². The van der Waals surface area contributed by atoms with Gasteiger partial charge in [-0.3, -0.25) is 9.59 Å². The van der Waals surface area contributed by atoms with Crippen LogP contribution in [0.3, 0.4) is 0 Å². The number of carbonyl (C=O) groups is 3. The van der Waals surface area contributed by atoms with Gasteiger partial charge in [0.2, 0.25) is 5.91 Å². The number of ether oxygens (including phenoxy) is 2. The Morgan fingerprint density at radius 3 is 2.38 bits per heavy atom. The van der Waals surface area contributed by atoms with Gasteiger partial charge in [-0.15, -0.1) is 0 Å². The summed E-state index contributed by atoms with van der Waals surface area (Å²) >= 11 is 5.84. The van der Waals surface area contributed by atoms with Crippen LogP contribution < -0.4 is 20.7 Å². The summed E-state index contributed by atoms with van der Waals surface area (Å²) in [6.07, 6.45) is -1.36. The van der Waals surface area contributed by atoms with Crippen molar-refractivity contribution < 1.29 is 23.9 Å². The van der Waals surface area contributed by atoms with Gasteiger partial charge in [0.25, 0.3) is 5.91 Å². The van der Waals surface area contributed by atoms with E-state index in [-0.39, 0.29) is 19.0 Å². The van der Waals surface area contributed by atoms with Crippen molar-refractivity contribution in [2.75, 3.05) is 11.9 Å². The largest absolute Gasteiger partial charge is 0.481 e. The van der Waals surface area contributed by atoms with Crippen LogP contribution in [0.2, 0.25) is 5.02 Å². The van der Waals surface area contributed by atoms with Gasteiger partial charge >= 0.3 is 6.09 Å². The van der Waals surface area contributed by atoms with Crippen molar-refractivity contribution in [2.24, 2.45) is 0 Å². The number of halogens is 1. The fraction of sp³-hybridized carbons (Fsp3) is 0.348. The van der Waals surface area contributed by atoms with E-state index < -0.39 is 23.7 Å². The third kappa shape index (κ3) is 9.26. The molecule has 0 aliphatic heterocycles. The van der Waals surface area contributed by atoms with E-state index in [1.807, 2.05) is 6.07 Å². The smallest absolute Gasteiger partial charge is 0.408 e. The van der Waals surface area contributed by atoms with Crippen molar-refractivity contribution in [3.05, 3.63) is 59.1 Å². The second-order valence-electron chi connectivity index (χ2n) is 8.04. The lowest BCUT2D eigenvalue weighted by molar-refractivity contribution is -0.127. The van der Waals surface area contributed by atoms with E-state index in [0.29, 0.717) is 16.5 Å². The van der Waals surface area contributed by atoms with Crippen molar-refractivity contribution >= 4 is 35.2 Å². The number of alkyl carbamates (subject to hydrolysis) is 1. The van der Waals surface area contributed by atoms with Gasteiger partial charge in [-0.1, -0.05) is 23.7 Å². The minimum absolute atomic E-state index is 0.227. The van der Waals surface area contributed by atoms with Crippen LogP contribution in [-0.4, -0.2) is 36.2 Å². The zero-order valence-corrected chi connectivity index (χ0v) is 19.3. The van der Waals surface area contributed by atoms with E-state index >= 15 is 0 Å². The molecule has 0 radical (unpaired) electrons. The first-order valence-corrected chi connectivity index (χ1v) is 10.5. The molecule has 1 unspecified atom stereocenters. The third-order valence-electron chi connectivity index (χ3n) is 3.97.